The molecule has 3 heterocycles. The summed E-state index contributed by atoms with van der Waals surface area (Å²) in [5.74, 6) is -5.46. The maximum Gasteiger partial charge on any atom is 0.277 e. The smallest absolute Gasteiger partial charge is 0.277 e. The lowest BCUT2D eigenvalue weighted by atomic mass is 9.99. The number of nitrogens with zero attached hydrogens (tertiary/aromatic N) is 3. The van der Waals surface area contributed by atoms with E-state index < -0.39 is 58.7 Å². The molecule has 2 aliphatic heterocycles. The second kappa shape index (κ2) is 7.99. The fourth-order valence-corrected chi connectivity index (χ4v) is 4.54. The summed E-state index contributed by atoms with van der Waals surface area (Å²) in [5, 5.41) is 12.4. The molecule has 1 aromatic carbocycles. The van der Waals surface area contributed by atoms with Gasteiger partial charge in [-0.05, 0) is 32.6 Å². The van der Waals surface area contributed by atoms with Gasteiger partial charge in [0.15, 0.2) is 17.2 Å². The minimum Gasteiger partial charge on any atom is -0.502 e. The number of halogens is 3. The number of benzene rings is 1. The molecule has 7 nitrogen and oxygen atoms in total. The van der Waals surface area contributed by atoms with Crippen molar-refractivity contribution in [3.05, 3.63) is 62.8 Å². The number of amides is 1. The van der Waals surface area contributed by atoms with Gasteiger partial charge in [-0.2, -0.15) is 0 Å². The van der Waals surface area contributed by atoms with Crippen LogP contribution < -0.4 is 10.4 Å². The van der Waals surface area contributed by atoms with Crippen molar-refractivity contribution < 1.29 is 27.9 Å². The molecule has 1 aromatic heterocycles. The van der Waals surface area contributed by atoms with Crippen molar-refractivity contribution in [2.75, 3.05) is 12.1 Å². The van der Waals surface area contributed by atoms with E-state index in [2.05, 4.69) is 0 Å². The van der Waals surface area contributed by atoms with E-state index in [9.17, 15) is 32.7 Å². The van der Waals surface area contributed by atoms with Crippen LogP contribution in [0.5, 0.6) is 5.75 Å². The summed E-state index contributed by atoms with van der Waals surface area (Å²) in [6, 6.07) is 1.00. The molecule has 1 amide bonds. The molecule has 0 unspecified atom stereocenters. The standard InChI is InChI=1S/C22H22F3N3O4/c1-11-4-3-5-18-26(2)22(32)19-21(31)20(30)14(10-27(19)28(11)18)17(29)7-6-13-15(24)8-12(23)9-16(13)25/h8-11,18,31H,3-7H2,1-2H3/t11-,18+/m1/s1. The van der Waals surface area contributed by atoms with Gasteiger partial charge in [0.2, 0.25) is 5.43 Å². The average Bonchev–Trinajstić information content (AvgIpc) is 2.73. The number of rotatable bonds is 4. The number of hydrogen-bond acceptors (Lipinski definition) is 5. The zero-order valence-electron chi connectivity index (χ0n) is 17.6. The molecule has 2 atom stereocenters. The van der Waals surface area contributed by atoms with Gasteiger partial charge in [-0.3, -0.25) is 24.1 Å². The van der Waals surface area contributed by atoms with Crippen LogP contribution in [0.1, 0.15) is 59.0 Å². The van der Waals surface area contributed by atoms with E-state index >= 15 is 0 Å². The normalized spacial score (nSPS) is 20.2. The van der Waals surface area contributed by atoms with Crippen LogP contribution in [0.4, 0.5) is 13.2 Å². The van der Waals surface area contributed by atoms with Crippen LogP contribution in [0.15, 0.2) is 23.1 Å². The predicted octanol–water partition coefficient (Wildman–Crippen LogP) is 2.71. The van der Waals surface area contributed by atoms with Gasteiger partial charge in [-0.25, -0.2) is 13.2 Å². The van der Waals surface area contributed by atoms with Crippen molar-refractivity contribution in [3.63, 3.8) is 0 Å². The van der Waals surface area contributed by atoms with Gasteiger partial charge >= 0.3 is 0 Å². The summed E-state index contributed by atoms with van der Waals surface area (Å²) < 4.78 is 42.3. The van der Waals surface area contributed by atoms with Crippen LogP contribution in [-0.2, 0) is 6.42 Å². The Labute approximate surface area is 181 Å². The lowest BCUT2D eigenvalue weighted by Gasteiger charge is -2.50. The Hall–Kier alpha value is -3.30. The van der Waals surface area contributed by atoms with Gasteiger partial charge in [0.05, 0.1) is 5.56 Å². The van der Waals surface area contributed by atoms with E-state index in [0.29, 0.717) is 18.6 Å². The maximum absolute atomic E-state index is 13.9. The number of carbonyl (C=O) groups is 2. The van der Waals surface area contributed by atoms with Gasteiger partial charge in [0, 0.05) is 43.4 Å². The monoisotopic (exact) mass is 449 g/mol. The first-order chi connectivity index (χ1) is 15.1. The number of fused-ring (bicyclic) bond motifs is 3. The Morgan fingerprint density at radius 3 is 2.47 bits per heavy atom. The highest BCUT2D eigenvalue weighted by molar-refractivity contribution is 6.00. The molecule has 1 saturated heterocycles. The van der Waals surface area contributed by atoms with Crippen LogP contribution >= 0.6 is 0 Å². The number of ketones is 1. The van der Waals surface area contributed by atoms with E-state index in [4.69, 9.17) is 0 Å². The average molecular weight is 449 g/mol. The number of aromatic hydroxyl groups is 1. The van der Waals surface area contributed by atoms with Crippen molar-refractivity contribution in [1.82, 2.24) is 9.58 Å². The molecule has 2 aromatic rings. The molecule has 170 valence electrons. The van der Waals surface area contributed by atoms with Crippen LogP contribution in [0.3, 0.4) is 0 Å². The summed E-state index contributed by atoms with van der Waals surface area (Å²) in [4.78, 5) is 39.8. The van der Waals surface area contributed by atoms with E-state index in [0.717, 1.165) is 12.8 Å². The van der Waals surface area contributed by atoms with Crippen molar-refractivity contribution in [2.45, 2.75) is 51.2 Å². The third-order valence-corrected chi connectivity index (χ3v) is 6.23. The molecule has 0 bridgehead atoms. The lowest BCUT2D eigenvalue weighted by Crippen LogP contribution is -2.64. The third-order valence-electron chi connectivity index (χ3n) is 6.23. The van der Waals surface area contributed by atoms with Crippen molar-refractivity contribution in [3.8, 4) is 5.75 Å². The highest BCUT2D eigenvalue weighted by Crippen LogP contribution is 2.31. The van der Waals surface area contributed by atoms with Gasteiger partial charge in [0.1, 0.15) is 23.6 Å². The highest BCUT2D eigenvalue weighted by Gasteiger charge is 2.42. The zero-order chi connectivity index (χ0) is 23.3. The molecule has 0 saturated carbocycles. The second-order valence-electron chi connectivity index (χ2n) is 8.24. The Balaban J connectivity index is 1.72. The molecule has 1 N–H and O–H groups in total. The van der Waals surface area contributed by atoms with E-state index in [1.165, 1.54) is 15.8 Å². The van der Waals surface area contributed by atoms with Crippen LogP contribution in [-0.4, -0.2) is 45.6 Å². The van der Waals surface area contributed by atoms with Crippen molar-refractivity contribution >= 4 is 11.7 Å². The second-order valence-corrected chi connectivity index (χ2v) is 8.24. The topological polar surface area (TPSA) is 82.9 Å². The molecular weight excluding hydrogens is 427 g/mol. The Morgan fingerprint density at radius 2 is 1.81 bits per heavy atom. The van der Waals surface area contributed by atoms with Gasteiger partial charge in [-0.1, -0.05) is 0 Å². The van der Waals surface area contributed by atoms with Gasteiger partial charge in [-0.15, -0.1) is 0 Å². The first kappa shape index (κ1) is 21.9. The summed E-state index contributed by atoms with van der Waals surface area (Å²) in [7, 11) is 1.59. The molecule has 2 aliphatic rings. The number of Topliss-reactive ketones (excluding diaryl/α,β-unsaturated/α-hetero) is 1. The Bertz CT molecular complexity index is 1160. The van der Waals surface area contributed by atoms with Crippen LogP contribution in [0, 0.1) is 17.5 Å². The summed E-state index contributed by atoms with van der Waals surface area (Å²) in [6.45, 7) is 1.94. The quantitative estimate of drug-likeness (QED) is 0.726. The first-order valence-electron chi connectivity index (χ1n) is 10.3. The number of pyridine rings is 1. The Morgan fingerprint density at radius 1 is 1.16 bits per heavy atom. The molecule has 4 rings (SSSR count). The van der Waals surface area contributed by atoms with E-state index in [1.807, 2.05) is 11.9 Å². The number of hydrogen-bond donors (Lipinski definition) is 1. The number of carbonyl (C=O) groups excluding carboxylic acids is 2. The molecule has 10 heteroatoms. The minimum absolute atomic E-state index is 0.0321. The largest absolute Gasteiger partial charge is 0.502 e. The molecule has 32 heavy (non-hydrogen) atoms. The van der Waals surface area contributed by atoms with E-state index in [-0.39, 0.29) is 23.5 Å². The van der Waals surface area contributed by atoms with Crippen LogP contribution in [0.25, 0.3) is 0 Å². The molecule has 1 fully saturated rings. The number of piperidine rings is 1. The van der Waals surface area contributed by atoms with E-state index in [1.54, 1.807) is 7.05 Å². The fourth-order valence-electron chi connectivity index (χ4n) is 4.54. The fraction of sp³-hybridized carbons (Fsp3) is 0.409. The van der Waals surface area contributed by atoms with Gasteiger partial charge < -0.3 is 10.0 Å². The minimum atomic E-state index is -1.13. The molecule has 0 spiro atoms. The third kappa shape index (κ3) is 3.43. The summed E-state index contributed by atoms with van der Waals surface area (Å²) >= 11 is 0. The molecule has 0 radical (unpaired) electrons. The molecule has 0 aliphatic carbocycles. The first-order valence-corrected chi connectivity index (χ1v) is 10.3. The summed E-state index contributed by atoms with van der Waals surface area (Å²) in [6.07, 6.45) is 2.47. The lowest BCUT2D eigenvalue weighted by molar-refractivity contribution is 0.0559. The molecular formula is C22H22F3N3O4. The zero-order valence-corrected chi connectivity index (χ0v) is 17.6. The van der Waals surface area contributed by atoms with Crippen molar-refractivity contribution in [1.29, 1.82) is 0 Å². The maximum atomic E-state index is 13.9. The van der Waals surface area contributed by atoms with Crippen molar-refractivity contribution in [2.24, 2.45) is 0 Å². The van der Waals surface area contributed by atoms with Crippen LogP contribution in [0.2, 0.25) is 0 Å². The summed E-state index contributed by atoms with van der Waals surface area (Å²) in [5.41, 5.74) is -2.10. The predicted molar refractivity (Wildman–Crippen MR) is 109 cm³/mol. The Kier molecular flexibility index (Phi) is 5.47. The SMILES string of the molecule is C[C@@H]1CCC[C@H]2N(C)C(=O)c3c(O)c(=O)c(C(=O)CCc4c(F)cc(F)cc4F)cn3N12. The number of aromatic nitrogens is 1. The highest BCUT2D eigenvalue weighted by atomic mass is 19.1. The van der Waals surface area contributed by atoms with Gasteiger partial charge in [0.25, 0.3) is 5.91 Å².